The monoisotopic (exact) mass is 503 g/mol. The molecule has 1 saturated heterocycles. The van der Waals surface area contributed by atoms with Gasteiger partial charge in [-0.15, -0.1) is 0 Å². The van der Waals surface area contributed by atoms with E-state index in [0.29, 0.717) is 6.42 Å². The summed E-state index contributed by atoms with van der Waals surface area (Å²) in [6, 6.07) is 18.6. The summed E-state index contributed by atoms with van der Waals surface area (Å²) in [6.07, 6.45) is 0.939. The van der Waals surface area contributed by atoms with Gasteiger partial charge in [-0.1, -0.05) is 60.7 Å². The summed E-state index contributed by atoms with van der Waals surface area (Å²) in [6.45, 7) is 1.73. The number of Topliss-reactive ketones (excluding diaryl/α,β-unsaturated/α-hetero) is 1. The summed E-state index contributed by atoms with van der Waals surface area (Å²) >= 11 is 0. The van der Waals surface area contributed by atoms with Gasteiger partial charge in [0, 0.05) is 18.3 Å². The number of rotatable bonds is 10. The van der Waals surface area contributed by atoms with E-state index in [2.05, 4.69) is 5.32 Å². The van der Waals surface area contributed by atoms with Crippen molar-refractivity contribution < 1.29 is 23.9 Å². The van der Waals surface area contributed by atoms with Crippen molar-refractivity contribution >= 4 is 23.3 Å². The Morgan fingerprint density at radius 1 is 1.05 bits per heavy atom. The van der Waals surface area contributed by atoms with Crippen molar-refractivity contribution in [3.63, 3.8) is 0 Å². The molecule has 1 aliphatic heterocycles. The van der Waals surface area contributed by atoms with Gasteiger partial charge < -0.3 is 25.1 Å². The van der Waals surface area contributed by atoms with Gasteiger partial charge in [-0.25, -0.2) is 0 Å². The molecule has 1 fully saturated rings. The van der Waals surface area contributed by atoms with Gasteiger partial charge in [0.2, 0.25) is 12.2 Å². The van der Waals surface area contributed by atoms with Crippen LogP contribution in [0.4, 0.5) is 5.69 Å². The number of hydrogen-bond acceptors (Lipinski definition) is 7. The summed E-state index contributed by atoms with van der Waals surface area (Å²) in [5.41, 5.74) is 7.12. The molecule has 3 aromatic rings. The first-order valence-corrected chi connectivity index (χ1v) is 12.1. The van der Waals surface area contributed by atoms with Crippen LogP contribution in [0.2, 0.25) is 0 Å². The Kier molecular flexibility index (Phi) is 8.15. The molecule has 0 spiro atoms. The summed E-state index contributed by atoms with van der Waals surface area (Å²) in [5, 5.41) is 2.75. The molecule has 1 aromatic heterocycles. The van der Waals surface area contributed by atoms with Crippen LogP contribution >= 0.6 is 0 Å². The Labute approximate surface area is 214 Å². The number of aryl methyl sites for hydroxylation is 1. The van der Waals surface area contributed by atoms with Crippen molar-refractivity contribution in [2.75, 3.05) is 5.73 Å². The lowest BCUT2D eigenvalue weighted by Crippen LogP contribution is -2.45. The highest BCUT2D eigenvalue weighted by Gasteiger charge is 2.38. The highest BCUT2D eigenvalue weighted by Crippen LogP contribution is 2.20. The largest absolute Gasteiger partial charge is 0.433 e. The maximum Gasteiger partial charge on any atom is 0.310 e. The number of amides is 1. The minimum absolute atomic E-state index is 0.0578. The predicted molar refractivity (Wildman–Crippen MR) is 137 cm³/mol. The molecule has 1 aliphatic rings. The number of ketones is 1. The number of nitrogens with two attached hydrogens (primary N) is 1. The average molecular weight is 504 g/mol. The molecule has 2 heterocycles. The number of ether oxygens (including phenoxy) is 2. The molecular weight excluding hydrogens is 474 g/mol. The fourth-order valence-corrected chi connectivity index (χ4v) is 4.16. The minimum atomic E-state index is -0.973. The Morgan fingerprint density at radius 3 is 2.38 bits per heavy atom. The molecule has 192 valence electrons. The Balaban J connectivity index is 1.43. The van der Waals surface area contributed by atoms with Gasteiger partial charge in [-0.05, 0) is 30.5 Å². The van der Waals surface area contributed by atoms with E-state index < -0.39 is 41.6 Å². The normalized spacial score (nSPS) is 17.7. The molecule has 0 bridgehead atoms. The van der Waals surface area contributed by atoms with E-state index in [1.54, 1.807) is 0 Å². The smallest absolute Gasteiger partial charge is 0.310 e. The van der Waals surface area contributed by atoms with Crippen molar-refractivity contribution in [1.82, 2.24) is 9.88 Å². The van der Waals surface area contributed by atoms with Crippen LogP contribution in [0.5, 0.6) is 0 Å². The Morgan fingerprint density at radius 2 is 1.70 bits per heavy atom. The lowest BCUT2D eigenvalue weighted by atomic mass is 10.0. The van der Waals surface area contributed by atoms with Crippen LogP contribution in [0.3, 0.4) is 0 Å². The molecule has 3 N–H and O–H groups in total. The minimum Gasteiger partial charge on any atom is -0.433 e. The molecule has 4 rings (SSSR count). The Bertz CT molecular complexity index is 1320. The van der Waals surface area contributed by atoms with Crippen LogP contribution in [0, 0.1) is 0 Å². The molecular formula is C28H29N3O6. The number of hydrogen-bond donors (Lipinski definition) is 2. The van der Waals surface area contributed by atoms with Crippen LogP contribution in [0.1, 0.15) is 47.3 Å². The van der Waals surface area contributed by atoms with E-state index in [9.17, 15) is 19.2 Å². The number of nitrogens with one attached hydrogen (secondary N) is 1. The molecule has 1 amide bonds. The lowest BCUT2D eigenvalue weighted by Gasteiger charge is -2.22. The summed E-state index contributed by atoms with van der Waals surface area (Å²) < 4.78 is 12.1. The predicted octanol–water partition coefficient (Wildman–Crippen LogP) is 2.78. The van der Waals surface area contributed by atoms with E-state index in [1.807, 2.05) is 60.7 Å². The second-order valence-electron chi connectivity index (χ2n) is 8.92. The van der Waals surface area contributed by atoms with Crippen molar-refractivity contribution in [1.29, 1.82) is 0 Å². The van der Waals surface area contributed by atoms with Gasteiger partial charge in [0.1, 0.15) is 17.6 Å². The first-order valence-electron chi connectivity index (χ1n) is 12.1. The maximum atomic E-state index is 13.2. The first kappa shape index (κ1) is 25.8. The third kappa shape index (κ3) is 6.31. The number of carbonyl (C=O) groups excluding carboxylic acids is 3. The fraction of sp³-hybridized carbons (Fsp3) is 0.286. The topological polar surface area (TPSA) is 130 Å². The van der Waals surface area contributed by atoms with E-state index in [4.69, 9.17) is 15.2 Å². The maximum absolute atomic E-state index is 13.2. The van der Waals surface area contributed by atoms with Crippen molar-refractivity contribution in [3.05, 3.63) is 100.0 Å². The number of pyridine rings is 1. The number of benzene rings is 2. The molecule has 0 radical (unpaired) electrons. The SMILES string of the molecule is CC(C(=O)NC1CC(=O)OC1OCc1ccccc1)n1ccc(N)c(C(=O)CCc2ccccc2)c1=O. The van der Waals surface area contributed by atoms with Gasteiger partial charge in [0.15, 0.2) is 5.78 Å². The fourth-order valence-electron chi connectivity index (χ4n) is 4.16. The number of esters is 1. The molecule has 3 unspecified atom stereocenters. The zero-order valence-electron chi connectivity index (χ0n) is 20.5. The highest BCUT2D eigenvalue weighted by atomic mass is 16.7. The molecule has 0 aliphatic carbocycles. The quantitative estimate of drug-likeness (QED) is 0.321. The second kappa shape index (κ2) is 11.7. The number of nitrogen functional groups attached to an aromatic ring is 1. The number of carbonyl (C=O) groups is 3. The molecule has 37 heavy (non-hydrogen) atoms. The summed E-state index contributed by atoms with van der Waals surface area (Å²) in [7, 11) is 0. The van der Waals surface area contributed by atoms with E-state index >= 15 is 0 Å². The van der Waals surface area contributed by atoms with E-state index in [0.717, 1.165) is 11.1 Å². The standard InChI is InChI=1S/C28H29N3O6/c1-18(26(34)30-22-16-24(33)37-28(22)36-17-20-10-6-3-7-11-20)31-15-14-21(29)25(27(31)35)23(32)13-12-19-8-4-2-5-9-19/h2-11,14-15,18,22,28H,12-13,16-17,29H2,1H3,(H,30,34). The Hall–Kier alpha value is -4.24. The van der Waals surface area contributed by atoms with E-state index in [1.165, 1.54) is 23.8 Å². The molecule has 9 nitrogen and oxygen atoms in total. The average Bonchev–Trinajstić information content (AvgIpc) is 3.25. The van der Waals surface area contributed by atoms with Crippen molar-refractivity contribution in [3.8, 4) is 0 Å². The van der Waals surface area contributed by atoms with E-state index in [-0.39, 0.29) is 30.7 Å². The zero-order valence-corrected chi connectivity index (χ0v) is 20.5. The van der Waals surface area contributed by atoms with Crippen molar-refractivity contribution in [2.45, 2.75) is 51.2 Å². The highest BCUT2D eigenvalue weighted by molar-refractivity contribution is 6.00. The first-order chi connectivity index (χ1) is 17.8. The lowest BCUT2D eigenvalue weighted by molar-refractivity contribution is -0.168. The number of nitrogens with zero attached hydrogens (tertiary/aromatic N) is 1. The van der Waals surface area contributed by atoms with Gasteiger partial charge in [-0.2, -0.15) is 0 Å². The summed E-state index contributed by atoms with van der Waals surface area (Å²) in [5.74, 6) is -1.41. The van der Waals surface area contributed by atoms with Crippen LogP contribution in [-0.2, 0) is 32.1 Å². The van der Waals surface area contributed by atoms with Crippen LogP contribution in [-0.4, -0.2) is 34.6 Å². The molecule has 3 atom stereocenters. The van der Waals surface area contributed by atoms with Crippen LogP contribution in [0.25, 0.3) is 0 Å². The molecule has 2 aromatic carbocycles. The third-order valence-electron chi connectivity index (χ3n) is 6.26. The number of aromatic nitrogens is 1. The molecule has 9 heteroatoms. The van der Waals surface area contributed by atoms with Crippen LogP contribution in [0.15, 0.2) is 77.7 Å². The number of anilines is 1. The number of cyclic esters (lactones) is 1. The zero-order chi connectivity index (χ0) is 26.4. The van der Waals surface area contributed by atoms with Gasteiger partial charge in [0.05, 0.1) is 13.0 Å². The van der Waals surface area contributed by atoms with Crippen molar-refractivity contribution in [2.24, 2.45) is 0 Å². The van der Waals surface area contributed by atoms with Gasteiger partial charge in [0.25, 0.3) is 5.56 Å². The van der Waals surface area contributed by atoms with Gasteiger partial charge in [-0.3, -0.25) is 19.2 Å². The second-order valence-corrected chi connectivity index (χ2v) is 8.92. The van der Waals surface area contributed by atoms with Gasteiger partial charge >= 0.3 is 5.97 Å². The van der Waals surface area contributed by atoms with Crippen LogP contribution < -0.4 is 16.6 Å². The third-order valence-corrected chi connectivity index (χ3v) is 6.26. The summed E-state index contributed by atoms with van der Waals surface area (Å²) in [4.78, 5) is 51.0. The molecule has 0 saturated carbocycles.